The van der Waals surface area contributed by atoms with Crippen LogP contribution in [0.1, 0.15) is 42.2 Å². The Morgan fingerprint density at radius 1 is 0.895 bits per heavy atom. The summed E-state index contributed by atoms with van der Waals surface area (Å²) in [5.41, 5.74) is 4.23. The summed E-state index contributed by atoms with van der Waals surface area (Å²) >= 11 is 0. The molecule has 100 valence electrons. The quantitative estimate of drug-likeness (QED) is 0.865. The number of hydrogen-bond donors (Lipinski definition) is 1. The fourth-order valence-corrected chi connectivity index (χ4v) is 2.61. The van der Waals surface area contributed by atoms with Crippen molar-refractivity contribution >= 4 is 0 Å². The largest absolute Gasteiger partial charge is 0.388 e. The Hall–Kier alpha value is -1.60. The first-order valence-electron chi connectivity index (χ1n) is 6.73. The SMILES string of the molecule is Cc1cc(C)cc(C(O)C(C)(C)c2ccccc2)c1. The van der Waals surface area contributed by atoms with Gasteiger partial charge in [-0.2, -0.15) is 0 Å². The van der Waals surface area contributed by atoms with E-state index < -0.39 is 6.10 Å². The molecule has 1 atom stereocenters. The first kappa shape index (κ1) is 13.8. The molecule has 2 aromatic rings. The van der Waals surface area contributed by atoms with Gasteiger partial charge in [-0.25, -0.2) is 0 Å². The highest BCUT2D eigenvalue weighted by atomic mass is 16.3. The number of hydrogen-bond acceptors (Lipinski definition) is 1. The van der Waals surface area contributed by atoms with Crippen molar-refractivity contribution < 1.29 is 5.11 Å². The molecule has 0 radical (unpaired) electrons. The molecule has 19 heavy (non-hydrogen) atoms. The van der Waals surface area contributed by atoms with Crippen molar-refractivity contribution in [2.45, 2.75) is 39.2 Å². The molecule has 0 bridgehead atoms. The number of rotatable bonds is 3. The van der Waals surface area contributed by atoms with Crippen molar-refractivity contribution in [3.63, 3.8) is 0 Å². The van der Waals surface area contributed by atoms with Gasteiger partial charge in [0.15, 0.2) is 0 Å². The van der Waals surface area contributed by atoms with E-state index in [0.717, 1.165) is 11.1 Å². The lowest BCUT2D eigenvalue weighted by atomic mass is 9.76. The van der Waals surface area contributed by atoms with Crippen LogP contribution in [0.4, 0.5) is 0 Å². The standard InChI is InChI=1S/C18H22O/c1-13-10-14(2)12-15(11-13)17(19)18(3,4)16-8-6-5-7-9-16/h5-12,17,19H,1-4H3. The lowest BCUT2D eigenvalue weighted by molar-refractivity contribution is 0.100. The Morgan fingerprint density at radius 2 is 1.42 bits per heavy atom. The van der Waals surface area contributed by atoms with Crippen molar-refractivity contribution in [3.05, 3.63) is 70.8 Å². The maximum Gasteiger partial charge on any atom is 0.0881 e. The van der Waals surface area contributed by atoms with Crippen LogP contribution < -0.4 is 0 Å². The van der Waals surface area contributed by atoms with Crippen molar-refractivity contribution in [3.8, 4) is 0 Å². The minimum absolute atomic E-state index is 0.304. The van der Waals surface area contributed by atoms with Crippen LogP contribution in [0.15, 0.2) is 48.5 Å². The average molecular weight is 254 g/mol. The van der Waals surface area contributed by atoms with E-state index in [2.05, 4.69) is 58.0 Å². The van der Waals surface area contributed by atoms with E-state index in [1.165, 1.54) is 11.1 Å². The highest BCUT2D eigenvalue weighted by Gasteiger charge is 2.31. The highest BCUT2D eigenvalue weighted by Crippen LogP contribution is 2.37. The molecule has 0 amide bonds. The molecular weight excluding hydrogens is 232 g/mol. The Morgan fingerprint density at radius 3 is 1.95 bits per heavy atom. The smallest absolute Gasteiger partial charge is 0.0881 e. The Bertz CT molecular complexity index is 535. The third kappa shape index (κ3) is 2.87. The third-order valence-corrected chi connectivity index (χ3v) is 3.76. The first-order valence-corrected chi connectivity index (χ1v) is 6.73. The number of aliphatic hydroxyl groups is 1. The normalized spacial score (nSPS) is 13.3. The molecule has 0 aliphatic rings. The fraction of sp³-hybridized carbons (Fsp3) is 0.333. The van der Waals surface area contributed by atoms with Gasteiger partial charge in [-0.3, -0.25) is 0 Å². The van der Waals surface area contributed by atoms with E-state index in [4.69, 9.17) is 0 Å². The maximum absolute atomic E-state index is 10.8. The van der Waals surface area contributed by atoms with Crippen LogP contribution in [-0.2, 0) is 5.41 Å². The molecule has 2 aromatic carbocycles. The van der Waals surface area contributed by atoms with Crippen molar-refractivity contribution in [1.82, 2.24) is 0 Å². The molecule has 1 heteroatoms. The van der Waals surface area contributed by atoms with Crippen LogP contribution in [0, 0.1) is 13.8 Å². The molecule has 0 fully saturated rings. The summed E-state index contributed by atoms with van der Waals surface area (Å²) in [6, 6.07) is 16.5. The summed E-state index contributed by atoms with van der Waals surface area (Å²) in [4.78, 5) is 0. The molecule has 1 unspecified atom stereocenters. The minimum Gasteiger partial charge on any atom is -0.388 e. The molecule has 0 aliphatic carbocycles. The zero-order valence-corrected chi connectivity index (χ0v) is 12.1. The van der Waals surface area contributed by atoms with Gasteiger partial charge in [-0.05, 0) is 25.0 Å². The van der Waals surface area contributed by atoms with Gasteiger partial charge in [0.2, 0.25) is 0 Å². The molecule has 0 saturated heterocycles. The van der Waals surface area contributed by atoms with Gasteiger partial charge in [-0.1, -0.05) is 73.5 Å². The number of aliphatic hydroxyl groups excluding tert-OH is 1. The topological polar surface area (TPSA) is 20.2 Å². The van der Waals surface area contributed by atoms with Crippen LogP contribution in [0.2, 0.25) is 0 Å². The zero-order valence-electron chi connectivity index (χ0n) is 12.1. The van der Waals surface area contributed by atoms with E-state index in [-0.39, 0.29) is 5.41 Å². The molecule has 0 spiro atoms. The number of benzene rings is 2. The maximum atomic E-state index is 10.8. The van der Waals surface area contributed by atoms with E-state index in [9.17, 15) is 5.11 Å². The van der Waals surface area contributed by atoms with Crippen LogP contribution in [-0.4, -0.2) is 5.11 Å². The van der Waals surface area contributed by atoms with Gasteiger partial charge in [0.25, 0.3) is 0 Å². The Kier molecular flexibility index (Phi) is 3.77. The second-order valence-corrected chi connectivity index (χ2v) is 5.91. The molecule has 0 heterocycles. The lowest BCUT2D eigenvalue weighted by Gasteiger charge is -2.32. The van der Waals surface area contributed by atoms with E-state index in [0.29, 0.717) is 0 Å². The van der Waals surface area contributed by atoms with Gasteiger partial charge >= 0.3 is 0 Å². The van der Waals surface area contributed by atoms with Crippen LogP contribution >= 0.6 is 0 Å². The molecule has 0 aromatic heterocycles. The van der Waals surface area contributed by atoms with Gasteiger partial charge in [0.1, 0.15) is 0 Å². The molecular formula is C18H22O. The summed E-state index contributed by atoms with van der Waals surface area (Å²) < 4.78 is 0. The third-order valence-electron chi connectivity index (χ3n) is 3.76. The average Bonchev–Trinajstić information content (AvgIpc) is 2.37. The second-order valence-electron chi connectivity index (χ2n) is 5.91. The minimum atomic E-state index is -0.506. The summed E-state index contributed by atoms with van der Waals surface area (Å²) in [5, 5.41) is 10.8. The predicted molar refractivity (Wildman–Crippen MR) is 80.3 cm³/mol. The molecule has 0 saturated carbocycles. The van der Waals surface area contributed by atoms with Crippen LogP contribution in [0.5, 0.6) is 0 Å². The zero-order chi connectivity index (χ0) is 14.0. The Balaban J connectivity index is 2.40. The van der Waals surface area contributed by atoms with Crippen molar-refractivity contribution in [2.75, 3.05) is 0 Å². The van der Waals surface area contributed by atoms with E-state index >= 15 is 0 Å². The monoisotopic (exact) mass is 254 g/mol. The van der Waals surface area contributed by atoms with Crippen LogP contribution in [0.3, 0.4) is 0 Å². The second kappa shape index (κ2) is 5.18. The highest BCUT2D eigenvalue weighted by molar-refractivity contribution is 5.35. The van der Waals surface area contributed by atoms with Gasteiger partial charge < -0.3 is 5.11 Å². The number of aryl methyl sites for hydroxylation is 2. The van der Waals surface area contributed by atoms with E-state index in [1.807, 2.05) is 18.2 Å². The summed E-state index contributed by atoms with van der Waals surface area (Å²) in [7, 11) is 0. The first-order chi connectivity index (χ1) is 8.91. The summed E-state index contributed by atoms with van der Waals surface area (Å²) in [6.45, 7) is 8.31. The molecule has 2 rings (SSSR count). The Labute approximate surface area is 115 Å². The van der Waals surface area contributed by atoms with Crippen molar-refractivity contribution in [1.29, 1.82) is 0 Å². The lowest BCUT2D eigenvalue weighted by Crippen LogP contribution is -2.26. The predicted octanol–water partition coefficient (Wildman–Crippen LogP) is 4.31. The van der Waals surface area contributed by atoms with E-state index in [1.54, 1.807) is 0 Å². The van der Waals surface area contributed by atoms with Gasteiger partial charge in [0, 0.05) is 5.41 Å². The van der Waals surface area contributed by atoms with Crippen molar-refractivity contribution in [2.24, 2.45) is 0 Å². The summed E-state index contributed by atoms with van der Waals surface area (Å²) in [6.07, 6.45) is -0.506. The fourth-order valence-electron chi connectivity index (χ4n) is 2.61. The molecule has 0 aliphatic heterocycles. The summed E-state index contributed by atoms with van der Waals surface area (Å²) in [5.74, 6) is 0. The molecule has 1 N–H and O–H groups in total. The van der Waals surface area contributed by atoms with Gasteiger partial charge in [0.05, 0.1) is 6.10 Å². The van der Waals surface area contributed by atoms with Crippen LogP contribution in [0.25, 0.3) is 0 Å². The van der Waals surface area contributed by atoms with Gasteiger partial charge in [-0.15, -0.1) is 0 Å². The molecule has 1 nitrogen and oxygen atoms in total.